The molecule has 0 aromatic rings. The molecule has 14 heavy (non-hydrogen) atoms. The van der Waals surface area contributed by atoms with E-state index < -0.39 is 0 Å². The minimum atomic E-state index is 0.701. The monoisotopic (exact) mass is 199 g/mol. The van der Waals surface area contributed by atoms with Crippen LogP contribution in [-0.4, -0.2) is 12.6 Å². The quantitative estimate of drug-likeness (QED) is 0.554. The van der Waals surface area contributed by atoms with E-state index in [1.807, 2.05) is 0 Å². The standard InChI is InChI=1S/C13H29N/c1-5-8-9-10-11-13(6-2)12(4)14-7-3/h12-14H,5-11H2,1-4H3. The SMILES string of the molecule is CCCCCCC(CC)C(C)NCC. The van der Waals surface area contributed by atoms with Gasteiger partial charge in [-0.05, 0) is 25.8 Å². The summed E-state index contributed by atoms with van der Waals surface area (Å²) in [5, 5.41) is 3.54. The van der Waals surface area contributed by atoms with Crippen LogP contribution in [0, 0.1) is 5.92 Å². The Morgan fingerprint density at radius 1 is 1.00 bits per heavy atom. The van der Waals surface area contributed by atoms with Crippen molar-refractivity contribution in [1.29, 1.82) is 0 Å². The summed E-state index contributed by atoms with van der Waals surface area (Å²) in [7, 11) is 0. The van der Waals surface area contributed by atoms with Gasteiger partial charge in [-0.2, -0.15) is 0 Å². The zero-order valence-corrected chi connectivity index (χ0v) is 10.6. The van der Waals surface area contributed by atoms with Crippen LogP contribution in [0.4, 0.5) is 0 Å². The smallest absolute Gasteiger partial charge is 0.00667 e. The molecule has 86 valence electrons. The van der Waals surface area contributed by atoms with Gasteiger partial charge in [0.1, 0.15) is 0 Å². The largest absolute Gasteiger partial charge is 0.314 e. The third-order valence-corrected chi connectivity index (χ3v) is 3.19. The molecule has 1 heteroatoms. The summed E-state index contributed by atoms with van der Waals surface area (Å²) in [5.74, 6) is 0.881. The van der Waals surface area contributed by atoms with E-state index in [1.54, 1.807) is 0 Å². The maximum Gasteiger partial charge on any atom is 0.00667 e. The lowest BCUT2D eigenvalue weighted by atomic mass is 9.92. The Morgan fingerprint density at radius 3 is 2.21 bits per heavy atom. The van der Waals surface area contributed by atoms with E-state index >= 15 is 0 Å². The van der Waals surface area contributed by atoms with Crippen LogP contribution < -0.4 is 5.32 Å². The second-order valence-corrected chi connectivity index (χ2v) is 4.36. The second-order valence-electron chi connectivity index (χ2n) is 4.36. The Morgan fingerprint density at radius 2 is 1.71 bits per heavy atom. The summed E-state index contributed by atoms with van der Waals surface area (Å²) >= 11 is 0. The van der Waals surface area contributed by atoms with Gasteiger partial charge < -0.3 is 5.32 Å². The summed E-state index contributed by atoms with van der Waals surface area (Å²) in [6.07, 6.45) is 8.32. The molecule has 2 unspecified atom stereocenters. The van der Waals surface area contributed by atoms with Crippen LogP contribution in [0.5, 0.6) is 0 Å². The van der Waals surface area contributed by atoms with Crippen LogP contribution in [0.2, 0.25) is 0 Å². The number of hydrogen-bond acceptors (Lipinski definition) is 1. The molecule has 0 spiro atoms. The van der Waals surface area contributed by atoms with Gasteiger partial charge in [0.05, 0.1) is 0 Å². The number of rotatable bonds is 9. The molecule has 0 saturated carbocycles. The Hall–Kier alpha value is -0.0400. The predicted molar refractivity (Wildman–Crippen MR) is 65.7 cm³/mol. The van der Waals surface area contributed by atoms with Gasteiger partial charge in [0.15, 0.2) is 0 Å². The molecular formula is C13H29N. The first-order valence-electron chi connectivity index (χ1n) is 6.49. The van der Waals surface area contributed by atoms with Gasteiger partial charge in [-0.25, -0.2) is 0 Å². The van der Waals surface area contributed by atoms with E-state index in [9.17, 15) is 0 Å². The van der Waals surface area contributed by atoms with Gasteiger partial charge >= 0.3 is 0 Å². The van der Waals surface area contributed by atoms with E-state index in [1.165, 1.54) is 38.5 Å². The highest BCUT2D eigenvalue weighted by Crippen LogP contribution is 2.17. The Labute approximate surface area is 90.7 Å². The van der Waals surface area contributed by atoms with E-state index in [0.29, 0.717) is 6.04 Å². The molecule has 0 aromatic carbocycles. The third-order valence-electron chi connectivity index (χ3n) is 3.19. The summed E-state index contributed by atoms with van der Waals surface area (Å²) in [5.41, 5.74) is 0. The predicted octanol–water partition coefficient (Wildman–Crippen LogP) is 3.98. The van der Waals surface area contributed by atoms with Gasteiger partial charge in [0.25, 0.3) is 0 Å². The molecule has 1 N–H and O–H groups in total. The molecule has 0 aliphatic carbocycles. The molecule has 0 saturated heterocycles. The minimum absolute atomic E-state index is 0.701. The lowest BCUT2D eigenvalue weighted by Gasteiger charge is -2.23. The summed E-state index contributed by atoms with van der Waals surface area (Å²) < 4.78 is 0. The molecule has 0 aliphatic heterocycles. The molecule has 0 amide bonds. The second kappa shape index (κ2) is 9.51. The third kappa shape index (κ3) is 6.42. The molecule has 0 bridgehead atoms. The molecule has 2 atom stereocenters. The van der Waals surface area contributed by atoms with Crippen molar-refractivity contribution < 1.29 is 0 Å². The number of unbranched alkanes of at least 4 members (excludes halogenated alkanes) is 3. The molecule has 0 rings (SSSR count). The van der Waals surface area contributed by atoms with Crippen LogP contribution in [0.25, 0.3) is 0 Å². The molecule has 1 nitrogen and oxygen atoms in total. The van der Waals surface area contributed by atoms with E-state index in [4.69, 9.17) is 0 Å². The number of nitrogens with one attached hydrogen (secondary N) is 1. The van der Waals surface area contributed by atoms with Crippen molar-refractivity contribution in [3.63, 3.8) is 0 Å². The highest BCUT2D eigenvalue weighted by atomic mass is 14.9. The van der Waals surface area contributed by atoms with Crippen LogP contribution in [0.3, 0.4) is 0 Å². The Bertz CT molecular complexity index is 112. The first kappa shape index (κ1) is 14.0. The van der Waals surface area contributed by atoms with Crippen LogP contribution in [-0.2, 0) is 0 Å². The first-order chi connectivity index (χ1) is 6.76. The van der Waals surface area contributed by atoms with Crippen LogP contribution in [0.15, 0.2) is 0 Å². The van der Waals surface area contributed by atoms with Crippen molar-refractivity contribution in [2.24, 2.45) is 5.92 Å². The molecule has 0 aliphatic rings. The van der Waals surface area contributed by atoms with Crippen molar-refractivity contribution in [3.05, 3.63) is 0 Å². The zero-order chi connectivity index (χ0) is 10.8. The van der Waals surface area contributed by atoms with E-state index in [2.05, 4.69) is 33.0 Å². The van der Waals surface area contributed by atoms with Crippen LogP contribution >= 0.6 is 0 Å². The van der Waals surface area contributed by atoms with Gasteiger partial charge in [-0.1, -0.05) is 52.9 Å². The van der Waals surface area contributed by atoms with E-state index in [-0.39, 0.29) is 0 Å². The van der Waals surface area contributed by atoms with Gasteiger partial charge in [-0.3, -0.25) is 0 Å². The average Bonchev–Trinajstić information content (AvgIpc) is 2.18. The van der Waals surface area contributed by atoms with Crippen molar-refractivity contribution in [3.8, 4) is 0 Å². The fourth-order valence-corrected chi connectivity index (χ4v) is 2.13. The van der Waals surface area contributed by atoms with Gasteiger partial charge in [-0.15, -0.1) is 0 Å². The highest BCUT2D eigenvalue weighted by Gasteiger charge is 2.13. The Balaban J connectivity index is 3.56. The Kier molecular flexibility index (Phi) is 9.49. The normalized spacial score (nSPS) is 15.4. The first-order valence-corrected chi connectivity index (χ1v) is 6.49. The summed E-state index contributed by atoms with van der Waals surface area (Å²) in [4.78, 5) is 0. The van der Waals surface area contributed by atoms with Crippen LogP contribution in [0.1, 0.15) is 66.2 Å². The van der Waals surface area contributed by atoms with E-state index in [0.717, 1.165) is 12.5 Å². The zero-order valence-electron chi connectivity index (χ0n) is 10.6. The van der Waals surface area contributed by atoms with Crippen molar-refractivity contribution in [2.45, 2.75) is 72.3 Å². The lowest BCUT2D eigenvalue weighted by Crippen LogP contribution is -2.33. The molecule has 0 radical (unpaired) electrons. The highest BCUT2D eigenvalue weighted by molar-refractivity contribution is 4.70. The minimum Gasteiger partial charge on any atom is -0.314 e. The maximum atomic E-state index is 3.54. The van der Waals surface area contributed by atoms with Crippen molar-refractivity contribution >= 4 is 0 Å². The average molecular weight is 199 g/mol. The molecular weight excluding hydrogens is 170 g/mol. The molecule has 0 heterocycles. The fourth-order valence-electron chi connectivity index (χ4n) is 2.13. The summed E-state index contributed by atoms with van der Waals surface area (Å²) in [6, 6.07) is 0.701. The molecule has 0 aromatic heterocycles. The fraction of sp³-hybridized carbons (Fsp3) is 1.00. The van der Waals surface area contributed by atoms with Gasteiger partial charge in [0.2, 0.25) is 0 Å². The summed E-state index contributed by atoms with van der Waals surface area (Å²) in [6.45, 7) is 10.2. The molecule has 0 fully saturated rings. The van der Waals surface area contributed by atoms with Crippen molar-refractivity contribution in [2.75, 3.05) is 6.54 Å². The number of hydrogen-bond donors (Lipinski definition) is 1. The van der Waals surface area contributed by atoms with Crippen molar-refractivity contribution in [1.82, 2.24) is 5.32 Å². The maximum absolute atomic E-state index is 3.54. The topological polar surface area (TPSA) is 12.0 Å². The lowest BCUT2D eigenvalue weighted by molar-refractivity contribution is 0.337. The van der Waals surface area contributed by atoms with Gasteiger partial charge in [0, 0.05) is 6.04 Å².